The normalized spacial score (nSPS) is 11.8. The number of nitrogens with two attached hydrogens (primary N) is 1. The molecule has 8 heteroatoms. The molecule has 0 saturated carbocycles. The average Bonchev–Trinajstić information content (AvgIpc) is 3.22. The third-order valence-corrected chi connectivity index (χ3v) is 3.76. The van der Waals surface area contributed by atoms with Gasteiger partial charge in [-0.3, -0.25) is 4.68 Å². The van der Waals surface area contributed by atoms with Gasteiger partial charge < -0.3 is 15.4 Å². The van der Waals surface area contributed by atoms with Crippen molar-refractivity contribution in [1.82, 2.24) is 19.3 Å². The first kappa shape index (κ1) is 16.8. The highest BCUT2D eigenvalue weighted by atomic mass is 19.1. The molecular weight excluding hydrogens is 323 g/mol. The molecule has 7 nitrogen and oxygen atoms in total. The molecule has 0 aliphatic heterocycles. The minimum atomic E-state index is -0.363. The van der Waals surface area contributed by atoms with E-state index < -0.39 is 0 Å². The Bertz CT molecular complexity index is 965. The lowest BCUT2D eigenvalue weighted by atomic mass is 10.1. The second-order valence-electron chi connectivity index (χ2n) is 5.45. The minimum Gasteiger partial charge on any atom is -0.394 e. The van der Waals surface area contributed by atoms with E-state index in [-0.39, 0.29) is 25.5 Å². The zero-order valence-electron chi connectivity index (χ0n) is 13.4. The molecule has 0 saturated heterocycles. The molecule has 1 aromatic carbocycles. The third kappa shape index (κ3) is 3.42. The molecule has 3 aromatic rings. The molecule has 0 fully saturated rings. The number of aromatic nitrogens is 4. The monoisotopic (exact) mass is 340 g/mol. The SMILES string of the molecule is N#Cc1cc(-c2ccn(CCO)n2)c2ncn(C/C(F)=C/CN)c2c1. The Hall–Kier alpha value is -3.02. The molecule has 0 spiro atoms. The maximum Gasteiger partial charge on any atom is 0.117 e. The van der Waals surface area contributed by atoms with Gasteiger partial charge in [0.25, 0.3) is 0 Å². The van der Waals surface area contributed by atoms with Crippen molar-refractivity contribution in [3.63, 3.8) is 0 Å². The van der Waals surface area contributed by atoms with Gasteiger partial charge in [-0.15, -0.1) is 0 Å². The van der Waals surface area contributed by atoms with Crippen LogP contribution >= 0.6 is 0 Å². The van der Waals surface area contributed by atoms with Crippen molar-refractivity contribution in [3.8, 4) is 17.3 Å². The topological polar surface area (TPSA) is 106 Å². The van der Waals surface area contributed by atoms with Crippen molar-refractivity contribution >= 4 is 11.0 Å². The Labute approximate surface area is 143 Å². The fourth-order valence-corrected chi connectivity index (χ4v) is 2.64. The Morgan fingerprint density at radius 1 is 1.44 bits per heavy atom. The Morgan fingerprint density at radius 2 is 2.28 bits per heavy atom. The van der Waals surface area contributed by atoms with Gasteiger partial charge in [-0.1, -0.05) is 0 Å². The van der Waals surface area contributed by atoms with Crippen LogP contribution in [0.3, 0.4) is 0 Å². The Balaban J connectivity index is 2.11. The van der Waals surface area contributed by atoms with Crippen molar-refractivity contribution in [3.05, 3.63) is 48.2 Å². The van der Waals surface area contributed by atoms with Crippen LogP contribution < -0.4 is 5.73 Å². The van der Waals surface area contributed by atoms with E-state index >= 15 is 0 Å². The smallest absolute Gasteiger partial charge is 0.117 e. The Morgan fingerprint density at radius 3 is 3.00 bits per heavy atom. The van der Waals surface area contributed by atoms with Crippen molar-refractivity contribution < 1.29 is 9.50 Å². The first-order valence-electron chi connectivity index (χ1n) is 7.74. The molecule has 3 rings (SSSR count). The quantitative estimate of drug-likeness (QED) is 0.708. The predicted octanol–water partition coefficient (Wildman–Crippen LogP) is 1.58. The lowest BCUT2D eigenvalue weighted by Crippen LogP contribution is -2.02. The second-order valence-corrected chi connectivity index (χ2v) is 5.45. The number of aliphatic hydroxyl groups excluding tert-OH is 1. The van der Waals surface area contributed by atoms with Gasteiger partial charge in [-0.05, 0) is 24.3 Å². The van der Waals surface area contributed by atoms with Crippen molar-refractivity contribution in [2.75, 3.05) is 13.2 Å². The summed E-state index contributed by atoms with van der Waals surface area (Å²) in [6.45, 7) is 0.483. The van der Waals surface area contributed by atoms with Gasteiger partial charge in [0.2, 0.25) is 0 Å². The van der Waals surface area contributed by atoms with Gasteiger partial charge in [-0.25, -0.2) is 9.37 Å². The predicted molar refractivity (Wildman–Crippen MR) is 91.0 cm³/mol. The molecule has 25 heavy (non-hydrogen) atoms. The van der Waals surface area contributed by atoms with Crippen molar-refractivity contribution in [1.29, 1.82) is 5.26 Å². The number of nitrogens with zero attached hydrogens (tertiary/aromatic N) is 5. The number of hydrogen-bond acceptors (Lipinski definition) is 5. The highest BCUT2D eigenvalue weighted by Crippen LogP contribution is 2.28. The molecule has 0 atom stereocenters. The first-order chi connectivity index (χ1) is 12.2. The summed E-state index contributed by atoms with van der Waals surface area (Å²) in [5.74, 6) is -0.363. The van der Waals surface area contributed by atoms with E-state index in [1.54, 1.807) is 33.6 Å². The number of halogens is 1. The van der Waals surface area contributed by atoms with Crippen molar-refractivity contribution in [2.24, 2.45) is 5.73 Å². The number of benzene rings is 1. The van der Waals surface area contributed by atoms with Gasteiger partial charge in [0.1, 0.15) is 5.83 Å². The zero-order chi connectivity index (χ0) is 17.8. The van der Waals surface area contributed by atoms with Crippen LogP contribution in [-0.4, -0.2) is 37.6 Å². The molecule has 0 unspecified atom stereocenters. The van der Waals surface area contributed by atoms with E-state index in [0.29, 0.717) is 34.4 Å². The van der Waals surface area contributed by atoms with E-state index in [0.717, 1.165) is 0 Å². The molecule has 128 valence electrons. The molecule has 0 aliphatic carbocycles. The number of fused-ring (bicyclic) bond motifs is 1. The largest absolute Gasteiger partial charge is 0.394 e. The van der Waals surface area contributed by atoms with Crippen LogP contribution in [0.1, 0.15) is 5.56 Å². The number of nitriles is 1. The van der Waals surface area contributed by atoms with Crippen LogP contribution in [0, 0.1) is 11.3 Å². The standard InChI is InChI=1S/C17H17FN6O/c18-13(1-3-19)10-23-11-21-17-14(7-12(9-20)8-16(17)23)15-2-4-24(22-15)5-6-25/h1-2,4,7-8,11,25H,3,5-6,10,19H2/b13-1-. The van der Waals surface area contributed by atoms with E-state index in [2.05, 4.69) is 16.2 Å². The third-order valence-electron chi connectivity index (χ3n) is 3.76. The van der Waals surface area contributed by atoms with E-state index in [1.165, 1.54) is 12.4 Å². The van der Waals surface area contributed by atoms with Gasteiger partial charge in [0, 0.05) is 18.3 Å². The zero-order valence-corrected chi connectivity index (χ0v) is 13.4. The maximum absolute atomic E-state index is 13.8. The minimum absolute atomic E-state index is 0.000967. The van der Waals surface area contributed by atoms with Gasteiger partial charge in [0.15, 0.2) is 0 Å². The molecule has 0 aliphatic rings. The second kappa shape index (κ2) is 7.25. The van der Waals surface area contributed by atoms with Crippen LogP contribution in [0.5, 0.6) is 0 Å². The van der Waals surface area contributed by atoms with Crippen LogP contribution in [0.25, 0.3) is 22.3 Å². The van der Waals surface area contributed by atoms with E-state index in [4.69, 9.17) is 10.8 Å². The molecule has 2 aromatic heterocycles. The summed E-state index contributed by atoms with van der Waals surface area (Å²) in [5, 5.41) is 22.7. The highest BCUT2D eigenvalue weighted by molar-refractivity contribution is 5.92. The molecule has 2 heterocycles. The summed E-state index contributed by atoms with van der Waals surface area (Å²) >= 11 is 0. The van der Waals surface area contributed by atoms with Crippen LogP contribution in [0.4, 0.5) is 4.39 Å². The van der Waals surface area contributed by atoms with Gasteiger partial charge in [0.05, 0.1) is 54.4 Å². The lowest BCUT2D eigenvalue weighted by molar-refractivity contribution is 0.269. The van der Waals surface area contributed by atoms with Crippen LogP contribution in [0.15, 0.2) is 42.6 Å². The first-order valence-corrected chi connectivity index (χ1v) is 7.74. The molecular formula is C17H17FN6O. The Kier molecular flexibility index (Phi) is 4.88. The number of hydrogen-bond donors (Lipinski definition) is 2. The summed E-state index contributed by atoms with van der Waals surface area (Å²) in [4.78, 5) is 4.37. The van der Waals surface area contributed by atoms with Gasteiger partial charge >= 0.3 is 0 Å². The summed E-state index contributed by atoms with van der Waals surface area (Å²) < 4.78 is 17.1. The fraction of sp³-hybridized carbons (Fsp3) is 0.235. The lowest BCUT2D eigenvalue weighted by Gasteiger charge is -2.05. The van der Waals surface area contributed by atoms with Crippen LogP contribution in [-0.2, 0) is 13.1 Å². The van der Waals surface area contributed by atoms with Crippen molar-refractivity contribution in [2.45, 2.75) is 13.1 Å². The number of imidazole rings is 1. The van der Waals surface area contributed by atoms with Crippen LogP contribution in [0.2, 0.25) is 0 Å². The number of allylic oxidation sites excluding steroid dienone is 1. The van der Waals surface area contributed by atoms with Gasteiger partial charge in [-0.2, -0.15) is 10.4 Å². The highest BCUT2D eigenvalue weighted by Gasteiger charge is 2.14. The van der Waals surface area contributed by atoms with E-state index in [9.17, 15) is 9.65 Å². The molecule has 0 amide bonds. The maximum atomic E-state index is 13.8. The fourth-order valence-electron chi connectivity index (χ4n) is 2.64. The summed E-state index contributed by atoms with van der Waals surface area (Å²) in [7, 11) is 0. The summed E-state index contributed by atoms with van der Waals surface area (Å²) in [6.07, 6.45) is 4.58. The number of aliphatic hydroxyl groups is 1. The molecule has 3 N–H and O–H groups in total. The molecule has 0 radical (unpaired) electrons. The average molecular weight is 340 g/mol. The summed E-state index contributed by atoms with van der Waals surface area (Å²) in [5.41, 5.74) is 8.37. The number of rotatable bonds is 6. The molecule has 0 bridgehead atoms. The van der Waals surface area contributed by atoms with E-state index in [1.807, 2.05) is 0 Å². The summed E-state index contributed by atoms with van der Waals surface area (Å²) in [6, 6.07) is 7.28.